The molecule has 0 saturated carbocycles. The Morgan fingerprint density at radius 1 is 0.321 bits per heavy atom. The zero-order chi connectivity index (χ0) is 34.9. The van der Waals surface area contributed by atoms with Crippen molar-refractivity contribution in [2.45, 2.75) is 0 Å². The zero-order valence-electron chi connectivity index (χ0n) is 28.6. The van der Waals surface area contributed by atoms with Gasteiger partial charge in [-0.05, 0) is 79.2 Å². The first-order valence-electron chi connectivity index (χ1n) is 18.0. The molecular weight excluding hydrogens is 645 g/mol. The van der Waals surface area contributed by atoms with Crippen LogP contribution in [-0.2, 0) is 0 Å². The number of rotatable bonds is 4. The maximum absolute atomic E-state index is 6.39. The average molecular weight is 675 g/mol. The smallest absolute Gasteiger partial charge is 0.160 e. The van der Waals surface area contributed by atoms with Gasteiger partial charge in [-0.3, -0.25) is 0 Å². The highest BCUT2D eigenvalue weighted by atomic mass is 16.3. The summed E-state index contributed by atoms with van der Waals surface area (Å²) in [6, 6.07) is 64.5. The van der Waals surface area contributed by atoms with Crippen LogP contribution in [0.15, 0.2) is 186 Å². The number of aromatic nitrogens is 2. The molecule has 0 fully saturated rings. The lowest BCUT2D eigenvalue weighted by Crippen LogP contribution is -1.97. The number of hydrogen-bond acceptors (Lipinski definition) is 3. The molecule has 0 aliphatic carbocycles. The molecule has 0 saturated heterocycles. The van der Waals surface area contributed by atoms with E-state index in [1.165, 1.54) is 37.7 Å². The Bertz CT molecular complexity index is 3210. The number of hydrogen-bond donors (Lipinski definition) is 0. The molecule has 2 aromatic heterocycles. The summed E-state index contributed by atoms with van der Waals surface area (Å²) in [6.45, 7) is 0. The van der Waals surface area contributed by atoms with Crippen LogP contribution < -0.4 is 0 Å². The van der Waals surface area contributed by atoms with Gasteiger partial charge in [-0.15, -0.1) is 0 Å². The van der Waals surface area contributed by atoms with Gasteiger partial charge in [0.2, 0.25) is 0 Å². The molecule has 0 unspecified atom stereocenters. The van der Waals surface area contributed by atoms with Gasteiger partial charge in [0.15, 0.2) is 5.82 Å². The summed E-state index contributed by atoms with van der Waals surface area (Å²) in [5.74, 6) is 0.703. The molecule has 0 aliphatic rings. The van der Waals surface area contributed by atoms with Gasteiger partial charge in [0.05, 0.1) is 11.4 Å². The van der Waals surface area contributed by atoms with E-state index in [-0.39, 0.29) is 0 Å². The molecule has 9 aromatic carbocycles. The van der Waals surface area contributed by atoms with E-state index < -0.39 is 0 Å². The van der Waals surface area contributed by atoms with E-state index in [1.807, 2.05) is 18.2 Å². The van der Waals surface area contributed by atoms with Crippen LogP contribution in [0.25, 0.3) is 110 Å². The van der Waals surface area contributed by atoms with Gasteiger partial charge in [-0.2, -0.15) is 0 Å². The highest BCUT2D eigenvalue weighted by Gasteiger charge is 2.17. The van der Waals surface area contributed by atoms with E-state index in [1.54, 1.807) is 0 Å². The van der Waals surface area contributed by atoms with Crippen molar-refractivity contribution in [1.82, 2.24) is 9.97 Å². The molecule has 0 spiro atoms. The minimum absolute atomic E-state index is 0.703. The molecule has 0 N–H and O–H groups in total. The van der Waals surface area contributed by atoms with Crippen molar-refractivity contribution in [2.24, 2.45) is 0 Å². The molecule has 11 rings (SSSR count). The van der Waals surface area contributed by atoms with Crippen LogP contribution in [0.2, 0.25) is 0 Å². The van der Waals surface area contributed by atoms with Gasteiger partial charge in [0.1, 0.15) is 11.2 Å². The standard InChI is InChI=1S/C50H30N2O/c1-2-12-35(13-3-1)50-51-45(30-46(52-50)48-39-16-8-6-14-37(39)29-43-38-15-7-4-10-32(38)22-25-41(43)48)34-20-18-31(19-21-34)36-24-27-47-44(28-36)42-26-23-33-11-5-9-17-40(33)49(42)53-47/h1-30H. The summed E-state index contributed by atoms with van der Waals surface area (Å²) in [7, 11) is 0. The summed E-state index contributed by atoms with van der Waals surface area (Å²) in [5.41, 5.74) is 9.03. The van der Waals surface area contributed by atoms with E-state index in [9.17, 15) is 0 Å². The molecule has 2 heterocycles. The molecule has 3 nitrogen and oxygen atoms in total. The number of nitrogens with zero attached hydrogens (tertiary/aromatic N) is 2. The van der Waals surface area contributed by atoms with Crippen LogP contribution >= 0.6 is 0 Å². The summed E-state index contributed by atoms with van der Waals surface area (Å²) in [4.78, 5) is 10.5. The largest absolute Gasteiger partial charge is 0.455 e. The van der Waals surface area contributed by atoms with Crippen LogP contribution in [0.5, 0.6) is 0 Å². The molecule has 0 radical (unpaired) electrons. The normalized spacial score (nSPS) is 11.8. The first kappa shape index (κ1) is 29.6. The number of furan rings is 1. The van der Waals surface area contributed by atoms with Crippen molar-refractivity contribution in [3.05, 3.63) is 182 Å². The lowest BCUT2D eigenvalue weighted by molar-refractivity contribution is 0.672. The van der Waals surface area contributed by atoms with Gasteiger partial charge in [-0.1, -0.05) is 152 Å². The monoisotopic (exact) mass is 674 g/mol. The first-order chi connectivity index (χ1) is 26.2. The minimum atomic E-state index is 0.703. The van der Waals surface area contributed by atoms with Crippen LogP contribution in [0.4, 0.5) is 0 Å². The third-order valence-electron chi connectivity index (χ3n) is 10.7. The van der Waals surface area contributed by atoms with E-state index >= 15 is 0 Å². The molecule has 0 amide bonds. The fraction of sp³-hybridized carbons (Fsp3) is 0. The van der Waals surface area contributed by atoms with Crippen molar-refractivity contribution in [3.63, 3.8) is 0 Å². The highest BCUT2D eigenvalue weighted by molar-refractivity contribution is 6.20. The van der Waals surface area contributed by atoms with Crippen LogP contribution in [-0.4, -0.2) is 9.97 Å². The predicted octanol–water partition coefficient (Wildman–Crippen LogP) is 13.7. The maximum atomic E-state index is 6.39. The van der Waals surface area contributed by atoms with E-state index in [4.69, 9.17) is 14.4 Å². The Morgan fingerprint density at radius 3 is 1.75 bits per heavy atom. The summed E-state index contributed by atoms with van der Waals surface area (Å²) < 4.78 is 6.39. The number of benzene rings is 9. The molecule has 246 valence electrons. The van der Waals surface area contributed by atoms with Gasteiger partial charge < -0.3 is 4.42 Å². The van der Waals surface area contributed by atoms with Crippen molar-refractivity contribution in [2.75, 3.05) is 0 Å². The van der Waals surface area contributed by atoms with Gasteiger partial charge in [-0.25, -0.2) is 9.97 Å². The molecule has 53 heavy (non-hydrogen) atoms. The van der Waals surface area contributed by atoms with Crippen molar-refractivity contribution < 1.29 is 4.42 Å². The Kier molecular flexibility index (Phi) is 6.55. The third kappa shape index (κ3) is 4.82. The molecule has 11 aromatic rings. The minimum Gasteiger partial charge on any atom is -0.455 e. The van der Waals surface area contributed by atoms with Crippen molar-refractivity contribution in [3.8, 4) is 45.0 Å². The Balaban J connectivity index is 1.07. The highest BCUT2D eigenvalue weighted by Crippen LogP contribution is 2.41. The van der Waals surface area contributed by atoms with Crippen LogP contribution in [0.3, 0.4) is 0 Å². The van der Waals surface area contributed by atoms with E-state index in [0.29, 0.717) is 5.82 Å². The first-order valence-corrected chi connectivity index (χ1v) is 18.0. The quantitative estimate of drug-likeness (QED) is 0.138. The molecule has 0 aliphatic heterocycles. The Hall–Kier alpha value is -7.10. The second-order valence-electron chi connectivity index (χ2n) is 13.7. The van der Waals surface area contributed by atoms with Crippen LogP contribution in [0, 0.1) is 0 Å². The van der Waals surface area contributed by atoms with Crippen molar-refractivity contribution in [1.29, 1.82) is 0 Å². The second kappa shape index (κ2) is 11.7. The summed E-state index contributed by atoms with van der Waals surface area (Å²) in [6.07, 6.45) is 0. The SMILES string of the molecule is c1ccc(-c2nc(-c3ccc(-c4ccc5oc6c7ccccc7ccc6c5c4)cc3)cc(-c3c4ccccc4cc4c3ccc3ccccc34)n2)cc1. The fourth-order valence-electron chi connectivity index (χ4n) is 8.05. The van der Waals surface area contributed by atoms with Gasteiger partial charge in [0.25, 0.3) is 0 Å². The fourth-order valence-corrected chi connectivity index (χ4v) is 8.05. The Morgan fingerprint density at radius 2 is 0.943 bits per heavy atom. The molecule has 3 heteroatoms. The summed E-state index contributed by atoms with van der Waals surface area (Å²) >= 11 is 0. The number of fused-ring (bicyclic) bond motifs is 9. The topological polar surface area (TPSA) is 38.9 Å². The Labute approximate surface area is 305 Å². The second-order valence-corrected chi connectivity index (χ2v) is 13.7. The summed E-state index contributed by atoms with van der Waals surface area (Å²) in [5, 5.41) is 11.8. The lowest BCUT2D eigenvalue weighted by Gasteiger charge is -2.15. The molecule has 0 bridgehead atoms. The lowest BCUT2D eigenvalue weighted by atomic mass is 9.91. The van der Waals surface area contributed by atoms with E-state index in [0.717, 1.165) is 66.5 Å². The predicted molar refractivity (Wildman–Crippen MR) is 221 cm³/mol. The average Bonchev–Trinajstić information content (AvgIpc) is 3.61. The zero-order valence-corrected chi connectivity index (χ0v) is 28.6. The van der Waals surface area contributed by atoms with Crippen molar-refractivity contribution >= 4 is 65.0 Å². The van der Waals surface area contributed by atoms with E-state index in [2.05, 4.69) is 164 Å². The van der Waals surface area contributed by atoms with Gasteiger partial charge in [0, 0.05) is 32.8 Å². The molecule has 0 atom stereocenters. The molecular formula is C50H30N2O. The third-order valence-corrected chi connectivity index (χ3v) is 10.7. The van der Waals surface area contributed by atoms with Crippen LogP contribution in [0.1, 0.15) is 0 Å². The van der Waals surface area contributed by atoms with Gasteiger partial charge >= 0.3 is 0 Å². The maximum Gasteiger partial charge on any atom is 0.160 e.